The number of hydrogen-bond acceptors (Lipinski definition) is 4. The minimum atomic E-state index is 0.852. The summed E-state index contributed by atoms with van der Waals surface area (Å²) in [6, 6.07) is 85.5. The lowest BCUT2D eigenvalue weighted by molar-refractivity contribution is 1.13. The van der Waals surface area contributed by atoms with Crippen molar-refractivity contribution in [3.8, 4) is 22.7 Å². The van der Waals surface area contributed by atoms with Crippen LogP contribution in [-0.4, -0.2) is 38.2 Å². The molecular formula is C68H44Br4N8. The highest BCUT2D eigenvalue weighted by Crippen LogP contribution is 2.36. The molecule has 0 bridgehead atoms. The Morgan fingerprint density at radius 2 is 0.738 bits per heavy atom. The number of rotatable bonds is 4. The van der Waals surface area contributed by atoms with Gasteiger partial charge in [-0.05, 0) is 169 Å². The molecule has 0 aliphatic rings. The second-order valence-electron chi connectivity index (χ2n) is 18.8. The minimum Gasteiger partial charge on any atom is -0.309 e. The molecule has 0 unspecified atom stereocenters. The Hall–Kier alpha value is -8.52. The Labute approximate surface area is 493 Å². The van der Waals surface area contributed by atoms with Gasteiger partial charge in [-0.15, -0.1) is 0 Å². The largest absolute Gasteiger partial charge is 0.309 e. The summed E-state index contributed by atoms with van der Waals surface area (Å²) in [5.74, 6) is 0. The molecule has 12 heteroatoms. The molecule has 0 aliphatic heterocycles. The molecule has 80 heavy (non-hydrogen) atoms. The molecule has 384 valence electrons. The van der Waals surface area contributed by atoms with Crippen LogP contribution < -0.4 is 0 Å². The molecule has 16 aromatic rings. The zero-order valence-corrected chi connectivity index (χ0v) is 48.8. The first-order valence-corrected chi connectivity index (χ1v) is 29.0. The Morgan fingerprint density at radius 3 is 1.36 bits per heavy atom. The number of fused-ring (bicyclic) bond motifs is 12. The fraction of sp³-hybridized carbons (Fsp3) is 0. The maximum Gasteiger partial charge on any atom is 0.146 e. The van der Waals surface area contributed by atoms with Crippen LogP contribution in [0.4, 0.5) is 0 Å². The van der Waals surface area contributed by atoms with Gasteiger partial charge in [0.1, 0.15) is 20.5 Å². The van der Waals surface area contributed by atoms with Crippen LogP contribution in [0.25, 0.3) is 110 Å². The SMILES string of the molecule is Brc1cc2c(cn1)c1ccccc1n2-c1ccccc1.Brc1ccc2c(c1)c1cccnc1n2-c1ccccc1.Brc1ccc2c3ccccc3n(-c3ccccc3)c2n1.Brc1cnc2c3ccccc3n(-c3ccccc3)c2c1. The fourth-order valence-corrected chi connectivity index (χ4v) is 12.0. The van der Waals surface area contributed by atoms with Crippen LogP contribution in [0.15, 0.2) is 285 Å². The first-order chi connectivity index (χ1) is 39.4. The van der Waals surface area contributed by atoms with Gasteiger partial charge in [-0.1, -0.05) is 143 Å². The first-order valence-electron chi connectivity index (χ1n) is 25.8. The summed E-state index contributed by atoms with van der Waals surface area (Å²) in [7, 11) is 0. The highest BCUT2D eigenvalue weighted by atomic mass is 79.9. The molecule has 0 atom stereocenters. The average Bonchev–Trinajstić information content (AvgIpc) is 4.44. The van der Waals surface area contributed by atoms with Crippen LogP contribution in [-0.2, 0) is 0 Å². The molecule has 0 aliphatic carbocycles. The molecule has 8 aromatic heterocycles. The Kier molecular flexibility index (Phi) is 14.2. The van der Waals surface area contributed by atoms with Crippen molar-refractivity contribution in [1.29, 1.82) is 0 Å². The molecular weight excluding hydrogens is 1250 g/mol. The fourth-order valence-electron chi connectivity index (χ4n) is 10.7. The zero-order chi connectivity index (χ0) is 54.1. The van der Waals surface area contributed by atoms with Crippen molar-refractivity contribution in [2.24, 2.45) is 0 Å². The average molecular weight is 1290 g/mol. The van der Waals surface area contributed by atoms with Crippen molar-refractivity contribution in [1.82, 2.24) is 38.2 Å². The molecule has 0 N–H and O–H groups in total. The summed E-state index contributed by atoms with van der Waals surface area (Å²) in [6.45, 7) is 0. The summed E-state index contributed by atoms with van der Waals surface area (Å²) in [4.78, 5) is 18.2. The summed E-state index contributed by atoms with van der Waals surface area (Å²) in [6.07, 6.45) is 5.63. The van der Waals surface area contributed by atoms with Crippen LogP contribution in [0.5, 0.6) is 0 Å². The Bertz CT molecular complexity index is 4500. The third kappa shape index (κ3) is 9.68. The van der Waals surface area contributed by atoms with E-state index in [-0.39, 0.29) is 0 Å². The second kappa shape index (κ2) is 22.3. The third-order valence-electron chi connectivity index (χ3n) is 14.0. The number of hydrogen-bond donors (Lipinski definition) is 0. The molecule has 8 heterocycles. The molecule has 0 spiro atoms. The van der Waals surface area contributed by atoms with Gasteiger partial charge < -0.3 is 9.13 Å². The van der Waals surface area contributed by atoms with E-state index in [2.05, 4.69) is 302 Å². The zero-order valence-electron chi connectivity index (χ0n) is 42.5. The normalized spacial score (nSPS) is 11.2. The van der Waals surface area contributed by atoms with Crippen molar-refractivity contribution in [3.05, 3.63) is 285 Å². The third-order valence-corrected chi connectivity index (χ3v) is 15.8. The quantitative estimate of drug-likeness (QED) is 0.165. The van der Waals surface area contributed by atoms with Crippen molar-refractivity contribution in [3.63, 3.8) is 0 Å². The molecule has 0 fully saturated rings. The van der Waals surface area contributed by atoms with Gasteiger partial charge in [0.25, 0.3) is 0 Å². The van der Waals surface area contributed by atoms with E-state index in [9.17, 15) is 0 Å². The monoisotopic (exact) mass is 1290 g/mol. The number of pyridine rings is 4. The van der Waals surface area contributed by atoms with Gasteiger partial charge in [-0.25, -0.2) is 15.0 Å². The number of para-hydroxylation sites is 7. The number of nitrogens with zero attached hydrogens (tertiary/aromatic N) is 8. The van der Waals surface area contributed by atoms with Gasteiger partial charge in [0.15, 0.2) is 0 Å². The lowest BCUT2D eigenvalue weighted by atomic mass is 10.2. The molecule has 8 nitrogen and oxygen atoms in total. The Balaban J connectivity index is 0.000000101. The minimum absolute atomic E-state index is 0.852. The predicted molar refractivity (Wildman–Crippen MR) is 345 cm³/mol. The highest BCUT2D eigenvalue weighted by Gasteiger charge is 2.17. The van der Waals surface area contributed by atoms with Gasteiger partial charge in [-0.3, -0.25) is 14.1 Å². The van der Waals surface area contributed by atoms with Crippen LogP contribution in [0.1, 0.15) is 0 Å². The van der Waals surface area contributed by atoms with Gasteiger partial charge in [0.2, 0.25) is 0 Å². The van der Waals surface area contributed by atoms with Crippen LogP contribution in [0.3, 0.4) is 0 Å². The Morgan fingerprint density at radius 1 is 0.263 bits per heavy atom. The molecule has 0 amide bonds. The maximum atomic E-state index is 4.67. The van der Waals surface area contributed by atoms with E-state index in [0.29, 0.717) is 0 Å². The number of aromatic nitrogens is 8. The van der Waals surface area contributed by atoms with Crippen LogP contribution in [0.2, 0.25) is 0 Å². The first kappa shape index (κ1) is 51.0. The second-order valence-corrected chi connectivity index (χ2v) is 22.3. The molecule has 0 saturated heterocycles. The summed E-state index contributed by atoms with van der Waals surface area (Å²) >= 11 is 14.0. The number of benzene rings is 8. The van der Waals surface area contributed by atoms with Gasteiger partial charge in [0.05, 0.1) is 38.6 Å². The van der Waals surface area contributed by atoms with E-state index in [1.54, 1.807) is 0 Å². The molecule has 8 aromatic carbocycles. The van der Waals surface area contributed by atoms with E-state index in [4.69, 9.17) is 0 Å². The van der Waals surface area contributed by atoms with Gasteiger partial charge >= 0.3 is 0 Å². The standard InChI is InChI=1S/4C17H11BrN2/c18-12-10-16-17(19-11-12)14-8-4-5-9-15(14)20(16)13-6-2-1-3-7-13;18-17-10-16-14(11-19-17)13-8-4-5-9-15(13)20(16)12-6-2-1-3-7-12;18-16-11-10-14-13-8-4-5-9-15(13)20(17(14)19-16)12-6-2-1-3-7-12;18-12-8-9-16-15(11-12)14-7-4-10-19-17(14)20(16)13-5-2-1-3-6-13/h4*1-11H. The summed E-state index contributed by atoms with van der Waals surface area (Å²) in [5.41, 5.74) is 14.6. The van der Waals surface area contributed by atoms with Gasteiger partial charge in [-0.2, -0.15) is 0 Å². The molecule has 0 saturated carbocycles. The van der Waals surface area contributed by atoms with Crippen molar-refractivity contribution in [2.45, 2.75) is 0 Å². The maximum absolute atomic E-state index is 4.67. The highest BCUT2D eigenvalue weighted by molar-refractivity contribution is 9.11. The van der Waals surface area contributed by atoms with E-state index < -0.39 is 0 Å². The topological polar surface area (TPSA) is 71.3 Å². The van der Waals surface area contributed by atoms with E-state index in [1.807, 2.05) is 67.1 Å². The van der Waals surface area contributed by atoms with E-state index in [1.165, 1.54) is 65.3 Å². The lowest BCUT2D eigenvalue weighted by Gasteiger charge is -2.07. The van der Waals surface area contributed by atoms with E-state index in [0.717, 1.165) is 63.2 Å². The van der Waals surface area contributed by atoms with Crippen LogP contribution in [0, 0.1) is 0 Å². The van der Waals surface area contributed by atoms with Crippen molar-refractivity contribution in [2.75, 3.05) is 0 Å². The smallest absolute Gasteiger partial charge is 0.146 e. The van der Waals surface area contributed by atoms with E-state index >= 15 is 0 Å². The summed E-state index contributed by atoms with van der Waals surface area (Å²) in [5, 5.41) is 8.37. The molecule has 16 rings (SSSR count). The van der Waals surface area contributed by atoms with Crippen LogP contribution >= 0.6 is 63.7 Å². The van der Waals surface area contributed by atoms with Crippen molar-refractivity contribution < 1.29 is 0 Å². The van der Waals surface area contributed by atoms with Crippen molar-refractivity contribution >= 4 is 151 Å². The van der Waals surface area contributed by atoms with Gasteiger partial charge in [0, 0.05) is 88.0 Å². The predicted octanol–water partition coefficient (Wildman–Crippen LogP) is 19.8. The summed E-state index contributed by atoms with van der Waals surface area (Å²) < 4.78 is 12.7. The lowest BCUT2D eigenvalue weighted by Crippen LogP contribution is -1.94. The number of halogens is 4. The molecule has 0 radical (unpaired) electrons.